The maximum absolute atomic E-state index is 12.6. The normalized spacial score (nSPS) is 14.5. The van der Waals surface area contributed by atoms with E-state index in [9.17, 15) is 4.79 Å². The summed E-state index contributed by atoms with van der Waals surface area (Å²) in [6, 6.07) is 11.9. The molecule has 0 spiro atoms. The molecule has 0 radical (unpaired) electrons. The standard InChI is InChI=1S/C22H27BrN2O4S/c1-27-19-9-4-16(21(28-2)22(19)29-3)14-24-10-12-25(13-11-24)20(26)15-30-18-7-5-17(23)6-8-18/h4-9H,10-15H2,1-3H3. The lowest BCUT2D eigenvalue weighted by atomic mass is 10.1. The average Bonchev–Trinajstić information content (AvgIpc) is 2.78. The van der Waals surface area contributed by atoms with Crippen molar-refractivity contribution in [3.63, 3.8) is 0 Å². The number of halogens is 1. The minimum absolute atomic E-state index is 0.186. The Morgan fingerprint density at radius 1 is 0.933 bits per heavy atom. The van der Waals surface area contributed by atoms with Gasteiger partial charge in [0.25, 0.3) is 0 Å². The molecule has 0 unspecified atom stereocenters. The Morgan fingerprint density at radius 2 is 1.60 bits per heavy atom. The third kappa shape index (κ3) is 5.62. The molecule has 0 aromatic heterocycles. The lowest BCUT2D eigenvalue weighted by Crippen LogP contribution is -2.48. The van der Waals surface area contributed by atoms with Gasteiger partial charge in [0, 0.05) is 47.7 Å². The van der Waals surface area contributed by atoms with E-state index in [0.717, 1.165) is 47.7 Å². The number of thioether (sulfide) groups is 1. The molecular weight excluding hydrogens is 468 g/mol. The minimum Gasteiger partial charge on any atom is -0.493 e. The van der Waals surface area contributed by atoms with Crippen molar-refractivity contribution >= 4 is 33.6 Å². The van der Waals surface area contributed by atoms with Crippen LogP contribution in [0.1, 0.15) is 5.56 Å². The third-order valence-corrected chi connectivity index (χ3v) is 6.61. The number of nitrogens with zero attached hydrogens (tertiary/aromatic N) is 2. The Labute approximate surface area is 190 Å². The van der Waals surface area contributed by atoms with Crippen LogP contribution < -0.4 is 14.2 Å². The predicted octanol–water partition coefficient (Wildman–Crippen LogP) is 3.91. The Morgan fingerprint density at radius 3 is 2.20 bits per heavy atom. The molecule has 1 aliphatic heterocycles. The van der Waals surface area contributed by atoms with Crippen LogP contribution in [-0.2, 0) is 11.3 Å². The van der Waals surface area contributed by atoms with Gasteiger partial charge in [-0.1, -0.05) is 22.0 Å². The Hall–Kier alpha value is -1.90. The summed E-state index contributed by atoms with van der Waals surface area (Å²) >= 11 is 5.01. The molecule has 1 aliphatic rings. The van der Waals surface area contributed by atoms with Crippen molar-refractivity contribution in [2.24, 2.45) is 0 Å². The summed E-state index contributed by atoms with van der Waals surface area (Å²) < 4.78 is 17.5. The van der Waals surface area contributed by atoms with Gasteiger partial charge in [-0.25, -0.2) is 0 Å². The number of carbonyl (C=O) groups is 1. The maximum atomic E-state index is 12.6. The molecule has 1 amide bonds. The molecule has 0 atom stereocenters. The molecule has 0 saturated carbocycles. The Bertz CT molecular complexity index is 855. The summed E-state index contributed by atoms with van der Waals surface area (Å²) in [5, 5.41) is 0. The van der Waals surface area contributed by atoms with E-state index in [-0.39, 0.29) is 5.91 Å². The SMILES string of the molecule is COc1ccc(CN2CCN(C(=O)CSc3ccc(Br)cc3)CC2)c(OC)c1OC. The molecule has 6 nitrogen and oxygen atoms in total. The summed E-state index contributed by atoms with van der Waals surface area (Å²) in [5.41, 5.74) is 1.04. The second-order valence-corrected chi connectivity index (χ2v) is 8.86. The van der Waals surface area contributed by atoms with Gasteiger partial charge in [-0.2, -0.15) is 0 Å². The number of amides is 1. The Kier molecular flexibility index (Phi) is 8.30. The number of hydrogen-bond acceptors (Lipinski definition) is 6. The van der Waals surface area contributed by atoms with E-state index in [1.807, 2.05) is 41.3 Å². The first kappa shape index (κ1) is 22.8. The van der Waals surface area contributed by atoms with E-state index in [2.05, 4.69) is 20.8 Å². The van der Waals surface area contributed by atoms with Gasteiger partial charge in [-0.05, 0) is 30.3 Å². The van der Waals surface area contributed by atoms with Gasteiger partial charge < -0.3 is 19.1 Å². The van der Waals surface area contributed by atoms with Crippen LogP contribution in [0.2, 0.25) is 0 Å². The highest BCUT2D eigenvalue weighted by molar-refractivity contribution is 9.10. The number of carbonyl (C=O) groups excluding carboxylic acids is 1. The zero-order valence-electron chi connectivity index (χ0n) is 17.5. The number of ether oxygens (including phenoxy) is 3. The lowest BCUT2D eigenvalue weighted by molar-refractivity contribution is -0.130. The number of methoxy groups -OCH3 is 3. The fourth-order valence-electron chi connectivity index (χ4n) is 3.45. The van der Waals surface area contributed by atoms with Crippen molar-refractivity contribution in [1.29, 1.82) is 0 Å². The van der Waals surface area contributed by atoms with Crippen LogP contribution in [0.3, 0.4) is 0 Å². The van der Waals surface area contributed by atoms with E-state index in [1.54, 1.807) is 33.1 Å². The quantitative estimate of drug-likeness (QED) is 0.518. The van der Waals surface area contributed by atoms with E-state index in [4.69, 9.17) is 14.2 Å². The van der Waals surface area contributed by atoms with Crippen LogP contribution in [0.5, 0.6) is 17.2 Å². The molecule has 0 bridgehead atoms. The molecule has 1 heterocycles. The van der Waals surface area contributed by atoms with Gasteiger partial charge in [0.05, 0.1) is 27.1 Å². The predicted molar refractivity (Wildman–Crippen MR) is 123 cm³/mol. The number of benzene rings is 2. The minimum atomic E-state index is 0.186. The van der Waals surface area contributed by atoms with Gasteiger partial charge in [0.1, 0.15) is 0 Å². The Balaban J connectivity index is 1.53. The summed E-state index contributed by atoms with van der Waals surface area (Å²) in [5.74, 6) is 2.60. The van der Waals surface area contributed by atoms with E-state index >= 15 is 0 Å². The molecule has 162 valence electrons. The zero-order valence-corrected chi connectivity index (χ0v) is 19.9. The van der Waals surface area contributed by atoms with Gasteiger partial charge in [0.2, 0.25) is 11.7 Å². The van der Waals surface area contributed by atoms with Crippen molar-refractivity contribution in [2.45, 2.75) is 11.4 Å². The second kappa shape index (κ2) is 10.9. The van der Waals surface area contributed by atoms with Crippen LogP contribution in [-0.4, -0.2) is 69.0 Å². The lowest BCUT2D eigenvalue weighted by Gasteiger charge is -2.35. The van der Waals surface area contributed by atoms with E-state index < -0.39 is 0 Å². The monoisotopic (exact) mass is 494 g/mol. The number of piperazine rings is 1. The van der Waals surface area contributed by atoms with Crippen LogP contribution in [0.4, 0.5) is 0 Å². The summed E-state index contributed by atoms with van der Waals surface area (Å²) in [7, 11) is 4.86. The first-order valence-corrected chi connectivity index (χ1v) is 11.5. The third-order valence-electron chi connectivity index (χ3n) is 5.08. The fourth-order valence-corrected chi connectivity index (χ4v) is 4.52. The van der Waals surface area contributed by atoms with Crippen LogP contribution in [0, 0.1) is 0 Å². The molecule has 3 rings (SSSR count). The van der Waals surface area contributed by atoms with Crippen LogP contribution >= 0.6 is 27.7 Å². The highest BCUT2D eigenvalue weighted by Crippen LogP contribution is 2.40. The van der Waals surface area contributed by atoms with Crippen molar-refractivity contribution < 1.29 is 19.0 Å². The van der Waals surface area contributed by atoms with Crippen LogP contribution in [0.25, 0.3) is 0 Å². The average molecular weight is 495 g/mol. The second-order valence-electron chi connectivity index (χ2n) is 6.89. The zero-order chi connectivity index (χ0) is 21.5. The van der Waals surface area contributed by atoms with Crippen molar-refractivity contribution in [2.75, 3.05) is 53.3 Å². The van der Waals surface area contributed by atoms with Gasteiger partial charge in [-0.3, -0.25) is 9.69 Å². The topological polar surface area (TPSA) is 51.2 Å². The largest absolute Gasteiger partial charge is 0.493 e. The molecule has 0 aliphatic carbocycles. The number of rotatable bonds is 8. The molecule has 2 aromatic rings. The summed E-state index contributed by atoms with van der Waals surface area (Å²) in [6.45, 7) is 3.85. The molecule has 8 heteroatoms. The molecule has 2 aromatic carbocycles. The van der Waals surface area contributed by atoms with Crippen molar-refractivity contribution in [1.82, 2.24) is 9.80 Å². The number of hydrogen-bond donors (Lipinski definition) is 0. The van der Waals surface area contributed by atoms with Gasteiger partial charge in [0.15, 0.2) is 11.5 Å². The first-order chi connectivity index (χ1) is 14.5. The van der Waals surface area contributed by atoms with Gasteiger partial charge in [-0.15, -0.1) is 11.8 Å². The molecule has 0 N–H and O–H groups in total. The molecular formula is C22H27BrN2O4S. The molecule has 30 heavy (non-hydrogen) atoms. The first-order valence-electron chi connectivity index (χ1n) is 9.72. The molecule has 1 saturated heterocycles. The summed E-state index contributed by atoms with van der Waals surface area (Å²) in [6.07, 6.45) is 0. The highest BCUT2D eigenvalue weighted by Gasteiger charge is 2.23. The van der Waals surface area contributed by atoms with Crippen LogP contribution in [0.15, 0.2) is 45.8 Å². The van der Waals surface area contributed by atoms with Gasteiger partial charge >= 0.3 is 0 Å². The molecule has 1 fully saturated rings. The van der Waals surface area contributed by atoms with E-state index in [1.165, 1.54) is 0 Å². The summed E-state index contributed by atoms with van der Waals surface area (Å²) in [4.78, 5) is 18.0. The maximum Gasteiger partial charge on any atom is 0.233 e. The smallest absolute Gasteiger partial charge is 0.233 e. The van der Waals surface area contributed by atoms with Crippen molar-refractivity contribution in [3.05, 3.63) is 46.4 Å². The van der Waals surface area contributed by atoms with E-state index in [0.29, 0.717) is 23.0 Å². The fraction of sp³-hybridized carbons (Fsp3) is 0.409. The highest BCUT2D eigenvalue weighted by atomic mass is 79.9. The van der Waals surface area contributed by atoms with Crippen molar-refractivity contribution in [3.8, 4) is 17.2 Å².